The van der Waals surface area contributed by atoms with Crippen LogP contribution >= 0.6 is 31.9 Å². The van der Waals surface area contributed by atoms with Gasteiger partial charge < -0.3 is 18.9 Å². The van der Waals surface area contributed by atoms with Crippen molar-refractivity contribution in [3.63, 3.8) is 0 Å². The lowest BCUT2D eigenvalue weighted by Crippen LogP contribution is -2.06. The Morgan fingerprint density at radius 1 is 0.667 bits per heavy atom. The van der Waals surface area contributed by atoms with E-state index in [-0.39, 0.29) is 5.78 Å². The van der Waals surface area contributed by atoms with Gasteiger partial charge in [-0.15, -0.1) is 0 Å². The van der Waals surface area contributed by atoms with Crippen molar-refractivity contribution in [2.45, 2.75) is 0 Å². The van der Waals surface area contributed by atoms with Crippen LogP contribution in [-0.2, 0) is 0 Å². The molecule has 0 unspecified atom stereocenters. The number of carbonyl (C=O) groups is 1. The maximum absolute atomic E-state index is 13.0. The molecule has 0 atom stereocenters. The number of ether oxygens (including phenoxy) is 4. The number of methoxy groups -OCH3 is 4. The first kappa shape index (κ1) is 18.6. The van der Waals surface area contributed by atoms with Gasteiger partial charge in [0.2, 0.25) is 0 Å². The highest BCUT2D eigenvalue weighted by molar-refractivity contribution is 9.11. The fourth-order valence-electron chi connectivity index (χ4n) is 2.20. The molecule has 7 heteroatoms. The largest absolute Gasteiger partial charge is 0.493 e. The number of rotatable bonds is 6. The second-order valence-corrected chi connectivity index (χ2v) is 6.41. The first-order valence-corrected chi connectivity index (χ1v) is 8.43. The van der Waals surface area contributed by atoms with E-state index in [1.165, 1.54) is 28.4 Å². The molecule has 2 rings (SSSR count). The van der Waals surface area contributed by atoms with Gasteiger partial charge >= 0.3 is 0 Å². The first-order chi connectivity index (χ1) is 11.5. The van der Waals surface area contributed by atoms with Crippen LogP contribution in [-0.4, -0.2) is 34.2 Å². The molecule has 0 aromatic heterocycles. The Morgan fingerprint density at radius 3 is 1.25 bits per heavy atom. The van der Waals surface area contributed by atoms with Crippen molar-refractivity contribution in [2.75, 3.05) is 28.4 Å². The Kier molecular flexibility index (Phi) is 6.12. The van der Waals surface area contributed by atoms with Crippen LogP contribution in [0.3, 0.4) is 0 Å². The van der Waals surface area contributed by atoms with Crippen LogP contribution in [0.25, 0.3) is 0 Å². The molecular formula is C17H16Br2O5. The van der Waals surface area contributed by atoms with Crippen molar-refractivity contribution in [1.82, 2.24) is 0 Å². The van der Waals surface area contributed by atoms with Gasteiger partial charge in [0, 0.05) is 20.1 Å². The van der Waals surface area contributed by atoms with Crippen molar-refractivity contribution in [3.8, 4) is 23.0 Å². The molecule has 128 valence electrons. The van der Waals surface area contributed by atoms with Crippen LogP contribution < -0.4 is 18.9 Å². The van der Waals surface area contributed by atoms with Crippen molar-refractivity contribution >= 4 is 37.6 Å². The van der Waals surface area contributed by atoms with E-state index in [0.717, 1.165) is 0 Å². The van der Waals surface area contributed by atoms with E-state index in [1.807, 2.05) is 0 Å². The summed E-state index contributed by atoms with van der Waals surface area (Å²) in [4.78, 5) is 13.0. The average Bonchev–Trinajstić information content (AvgIpc) is 2.60. The number of hydrogen-bond acceptors (Lipinski definition) is 5. The van der Waals surface area contributed by atoms with Gasteiger partial charge in [-0.05, 0) is 56.1 Å². The van der Waals surface area contributed by atoms with Gasteiger partial charge in [-0.3, -0.25) is 4.79 Å². The summed E-state index contributed by atoms with van der Waals surface area (Å²) in [6.07, 6.45) is 0. The summed E-state index contributed by atoms with van der Waals surface area (Å²) in [5.41, 5.74) is 0.890. The second kappa shape index (κ2) is 7.90. The highest BCUT2D eigenvalue weighted by Crippen LogP contribution is 2.38. The van der Waals surface area contributed by atoms with Gasteiger partial charge in [-0.25, -0.2) is 0 Å². The van der Waals surface area contributed by atoms with Crippen molar-refractivity contribution in [2.24, 2.45) is 0 Å². The van der Waals surface area contributed by atoms with E-state index in [9.17, 15) is 4.79 Å². The molecule has 2 aromatic carbocycles. The Balaban J connectivity index is 2.57. The van der Waals surface area contributed by atoms with Gasteiger partial charge in [0.1, 0.15) is 0 Å². The lowest BCUT2D eigenvalue weighted by molar-refractivity contribution is 0.103. The van der Waals surface area contributed by atoms with Crippen LogP contribution in [0.1, 0.15) is 15.9 Å². The molecule has 0 spiro atoms. The smallest absolute Gasteiger partial charge is 0.195 e. The minimum absolute atomic E-state index is 0.198. The van der Waals surface area contributed by atoms with Crippen LogP contribution in [0.15, 0.2) is 33.2 Å². The van der Waals surface area contributed by atoms with Gasteiger partial charge in [0.15, 0.2) is 28.8 Å². The molecule has 0 fully saturated rings. The Hall–Kier alpha value is -1.73. The first-order valence-electron chi connectivity index (χ1n) is 6.84. The van der Waals surface area contributed by atoms with E-state index in [2.05, 4.69) is 31.9 Å². The van der Waals surface area contributed by atoms with Crippen molar-refractivity contribution < 1.29 is 23.7 Å². The zero-order valence-electron chi connectivity index (χ0n) is 13.6. The van der Waals surface area contributed by atoms with E-state index >= 15 is 0 Å². The zero-order chi connectivity index (χ0) is 17.9. The molecule has 0 N–H and O–H groups in total. The third-order valence-electron chi connectivity index (χ3n) is 3.44. The molecule has 0 radical (unpaired) electrons. The van der Waals surface area contributed by atoms with Gasteiger partial charge in [0.05, 0.1) is 28.4 Å². The summed E-state index contributed by atoms with van der Waals surface area (Å²) in [5, 5.41) is 0. The van der Waals surface area contributed by atoms with E-state index in [0.29, 0.717) is 43.1 Å². The number of ketones is 1. The average molecular weight is 460 g/mol. The fourth-order valence-corrected chi connectivity index (χ4v) is 3.21. The van der Waals surface area contributed by atoms with E-state index < -0.39 is 0 Å². The monoisotopic (exact) mass is 458 g/mol. The van der Waals surface area contributed by atoms with Gasteiger partial charge in [-0.1, -0.05) is 0 Å². The highest BCUT2D eigenvalue weighted by atomic mass is 79.9. The van der Waals surface area contributed by atoms with Crippen molar-refractivity contribution in [3.05, 3.63) is 44.3 Å². The molecule has 2 aromatic rings. The lowest BCUT2D eigenvalue weighted by Gasteiger charge is -2.14. The molecule has 24 heavy (non-hydrogen) atoms. The SMILES string of the molecule is COc1cc(Br)c(C(=O)c2cc(OC)c(OC)cc2Br)cc1OC. The summed E-state index contributed by atoms with van der Waals surface area (Å²) in [6, 6.07) is 6.66. The molecular weight excluding hydrogens is 444 g/mol. The quantitative estimate of drug-likeness (QED) is 0.596. The van der Waals surface area contributed by atoms with Crippen LogP contribution in [0.2, 0.25) is 0 Å². The number of halogens is 2. The van der Waals surface area contributed by atoms with Crippen molar-refractivity contribution in [1.29, 1.82) is 0 Å². The Labute approximate surface area is 157 Å². The summed E-state index contributed by atoms with van der Waals surface area (Å²) in [5.74, 6) is 1.82. The second-order valence-electron chi connectivity index (χ2n) is 4.70. The topological polar surface area (TPSA) is 54.0 Å². The minimum atomic E-state index is -0.198. The fraction of sp³-hybridized carbons (Fsp3) is 0.235. The number of benzene rings is 2. The van der Waals surface area contributed by atoms with Crippen LogP contribution in [0.5, 0.6) is 23.0 Å². The predicted molar refractivity (Wildman–Crippen MR) is 97.9 cm³/mol. The predicted octanol–water partition coefficient (Wildman–Crippen LogP) is 4.48. The van der Waals surface area contributed by atoms with Gasteiger partial charge in [0.25, 0.3) is 0 Å². The third kappa shape index (κ3) is 3.52. The summed E-state index contributed by atoms with van der Waals surface area (Å²) in [6.45, 7) is 0. The molecule has 0 saturated carbocycles. The normalized spacial score (nSPS) is 10.2. The molecule has 5 nitrogen and oxygen atoms in total. The Bertz CT molecular complexity index is 711. The summed E-state index contributed by atoms with van der Waals surface area (Å²) in [7, 11) is 6.12. The maximum Gasteiger partial charge on any atom is 0.195 e. The molecule has 0 saturated heterocycles. The molecule has 0 aliphatic heterocycles. The molecule has 0 aliphatic rings. The minimum Gasteiger partial charge on any atom is -0.493 e. The number of carbonyl (C=O) groups excluding carboxylic acids is 1. The molecule has 0 aliphatic carbocycles. The van der Waals surface area contributed by atoms with E-state index in [4.69, 9.17) is 18.9 Å². The highest BCUT2D eigenvalue weighted by Gasteiger charge is 2.21. The molecule has 0 heterocycles. The number of hydrogen-bond donors (Lipinski definition) is 0. The van der Waals surface area contributed by atoms with Crippen LogP contribution in [0.4, 0.5) is 0 Å². The molecule has 0 bridgehead atoms. The molecule has 0 amide bonds. The maximum atomic E-state index is 13.0. The third-order valence-corrected chi connectivity index (χ3v) is 4.75. The van der Waals surface area contributed by atoms with E-state index in [1.54, 1.807) is 24.3 Å². The van der Waals surface area contributed by atoms with Crippen LogP contribution in [0, 0.1) is 0 Å². The summed E-state index contributed by atoms with van der Waals surface area (Å²) < 4.78 is 22.2. The standard InChI is InChI=1S/C17H16Br2O5/c1-21-13-5-9(11(18)7-15(13)23-3)17(20)10-6-14(22-2)16(24-4)8-12(10)19/h5-8H,1-4H3. The van der Waals surface area contributed by atoms with Gasteiger partial charge in [-0.2, -0.15) is 0 Å². The lowest BCUT2D eigenvalue weighted by atomic mass is 10.0. The zero-order valence-corrected chi connectivity index (χ0v) is 16.8. The Morgan fingerprint density at radius 2 is 0.958 bits per heavy atom. The summed E-state index contributed by atoms with van der Waals surface area (Å²) >= 11 is 6.82.